The fraction of sp³-hybridized carbons (Fsp3) is 0.286. The van der Waals surface area contributed by atoms with Gasteiger partial charge in [-0.3, -0.25) is 9.59 Å². The van der Waals surface area contributed by atoms with Gasteiger partial charge in [0.25, 0.3) is 5.91 Å². The zero-order valence-electron chi connectivity index (χ0n) is 15.9. The van der Waals surface area contributed by atoms with Gasteiger partial charge in [-0.2, -0.15) is 11.3 Å². The lowest BCUT2D eigenvalue weighted by atomic mass is 10.2. The van der Waals surface area contributed by atoms with Crippen molar-refractivity contribution in [2.75, 3.05) is 37.6 Å². The number of piperazine rings is 1. The van der Waals surface area contributed by atoms with Crippen LogP contribution in [0.1, 0.15) is 16.9 Å². The largest absolute Gasteiger partial charge is 0.368 e. The van der Waals surface area contributed by atoms with E-state index in [-0.39, 0.29) is 11.8 Å². The quantitative estimate of drug-likeness (QED) is 0.657. The number of anilines is 1. The standard InChI is InChI=1S/C21H22N4O2S2/c26-19(25-11-9-24(10-12-25)17-4-2-1-3-5-17)6-8-22-20(27)18-15-29-21(23-18)16-7-13-28-14-16/h1-5,7,13-15H,6,8-12H2,(H,22,27). The van der Waals surface area contributed by atoms with E-state index in [1.807, 2.05) is 39.9 Å². The van der Waals surface area contributed by atoms with Gasteiger partial charge in [0.2, 0.25) is 5.91 Å². The molecule has 150 valence electrons. The highest BCUT2D eigenvalue weighted by atomic mass is 32.1. The van der Waals surface area contributed by atoms with Gasteiger partial charge in [-0.1, -0.05) is 18.2 Å². The Morgan fingerprint density at radius 1 is 1.03 bits per heavy atom. The fourth-order valence-corrected chi connectivity index (χ4v) is 4.79. The monoisotopic (exact) mass is 426 g/mol. The number of nitrogens with zero attached hydrogens (tertiary/aromatic N) is 3. The Morgan fingerprint density at radius 2 is 1.83 bits per heavy atom. The molecule has 4 rings (SSSR count). The summed E-state index contributed by atoms with van der Waals surface area (Å²) in [7, 11) is 0. The average Bonchev–Trinajstić information content (AvgIpc) is 3.46. The highest BCUT2D eigenvalue weighted by molar-refractivity contribution is 7.14. The normalized spacial score (nSPS) is 14.1. The van der Waals surface area contributed by atoms with E-state index in [2.05, 4.69) is 27.3 Å². The molecule has 0 saturated carbocycles. The molecule has 0 atom stereocenters. The van der Waals surface area contributed by atoms with Crippen molar-refractivity contribution >= 4 is 40.2 Å². The third kappa shape index (κ3) is 4.83. The summed E-state index contributed by atoms with van der Waals surface area (Å²) < 4.78 is 0. The first-order valence-corrected chi connectivity index (χ1v) is 11.4. The molecular formula is C21H22N4O2S2. The van der Waals surface area contributed by atoms with Gasteiger partial charge in [0.05, 0.1) is 0 Å². The summed E-state index contributed by atoms with van der Waals surface area (Å²) in [6.45, 7) is 3.38. The summed E-state index contributed by atoms with van der Waals surface area (Å²) in [6, 6.07) is 12.2. The van der Waals surface area contributed by atoms with Crippen LogP contribution in [0.25, 0.3) is 10.6 Å². The third-order valence-electron chi connectivity index (χ3n) is 4.88. The minimum Gasteiger partial charge on any atom is -0.368 e. The maximum atomic E-state index is 12.5. The predicted octanol–water partition coefficient (Wildman–Crippen LogP) is 3.34. The van der Waals surface area contributed by atoms with E-state index in [1.165, 1.54) is 17.0 Å². The number of rotatable bonds is 6. The van der Waals surface area contributed by atoms with Crippen LogP contribution in [0.3, 0.4) is 0 Å². The molecule has 0 radical (unpaired) electrons. The molecule has 0 bridgehead atoms. The molecule has 1 saturated heterocycles. The molecule has 0 aliphatic carbocycles. The van der Waals surface area contributed by atoms with Gasteiger partial charge in [-0.25, -0.2) is 4.98 Å². The first-order chi connectivity index (χ1) is 14.2. The second-order valence-corrected chi connectivity index (χ2v) is 8.40. The zero-order valence-corrected chi connectivity index (χ0v) is 17.5. The molecule has 0 spiro atoms. The molecule has 2 amide bonds. The lowest BCUT2D eigenvalue weighted by molar-refractivity contribution is -0.131. The van der Waals surface area contributed by atoms with Crippen LogP contribution < -0.4 is 10.2 Å². The number of hydrogen-bond acceptors (Lipinski definition) is 6. The van der Waals surface area contributed by atoms with Crippen molar-refractivity contribution in [3.05, 3.63) is 58.2 Å². The highest BCUT2D eigenvalue weighted by Gasteiger charge is 2.21. The van der Waals surface area contributed by atoms with E-state index in [0.29, 0.717) is 31.7 Å². The number of aromatic nitrogens is 1. The van der Waals surface area contributed by atoms with Crippen LogP contribution in [0.15, 0.2) is 52.5 Å². The predicted molar refractivity (Wildman–Crippen MR) is 118 cm³/mol. The van der Waals surface area contributed by atoms with Crippen LogP contribution in [-0.2, 0) is 4.79 Å². The molecule has 1 N–H and O–H groups in total. The molecule has 1 aliphatic rings. The van der Waals surface area contributed by atoms with Gasteiger partial charge in [0.1, 0.15) is 10.7 Å². The average molecular weight is 427 g/mol. The smallest absolute Gasteiger partial charge is 0.270 e. The van der Waals surface area contributed by atoms with Crippen molar-refractivity contribution in [3.63, 3.8) is 0 Å². The summed E-state index contributed by atoms with van der Waals surface area (Å²) in [5, 5.41) is 9.40. The Hall–Kier alpha value is -2.71. The number of carbonyl (C=O) groups is 2. The first-order valence-electron chi connectivity index (χ1n) is 9.55. The molecule has 1 aromatic carbocycles. The van der Waals surface area contributed by atoms with Crippen LogP contribution in [0.2, 0.25) is 0 Å². The molecular weight excluding hydrogens is 404 g/mol. The lowest BCUT2D eigenvalue weighted by Crippen LogP contribution is -2.49. The maximum Gasteiger partial charge on any atom is 0.270 e. The molecule has 3 aromatic rings. The van der Waals surface area contributed by atoms with Crippen molar-refractivity contribution in [2.45, 2.75) is 6.42 Å². The molecule has 1 fully saturated rings. The van der Waals surface area contributed by atoms with Crippen LogP contribution in [0, 0.1) is 0 Å². The Bertz CT molecular complexity index is 948. The van der Waals surface area contributed by atoms with Gasteiger partial charge in [-0.05, 0) is 23.6 Å². The minimum absolute atomic E-state index is 0.0789. The van der Waals surface area contributed by atoms with Gasteiger partial charge in [0, 0.05) is 61.2 Å². The summed E-state index contributed by atoms with van der Waals surface area (Å²) in [6.07, 6.45) is 0.304. The van der Waals surface area contributed by atoms with E-state index < -0.39 is 0 Å². The molecule has 8 heteroatoms. The number of thiazole rings is 1. The van der Waals surface area contributed by atoms with E-state index in [1.54, 1.807) is 16.7 Å². The van der Waals surface area contributed by atoms with Crippen LogP contribution in [-0.4, -0.2) is 54.4 Å². The SMILES string of the molecule is O=C(NCCC(=O)N1CCN(c2ccccc2)CC1)c1csc(-c2ccsc2)n1. The fourth-order valence-electron chi connectivity index (χ4n) is 3.28. The first kappa shape index (κ1) is 19.6. The van der Waals surface area contributed by atoms with Crippen LogP contribution in [0.5, 0.6) is 0 Å². The Balaban J connectivity index is 1.21. The molecule has 2 aromatic heterocycles. The number of benzene rings is 1. The summed E-state index contributed by atoms with van der Waals surface area (Å²) in [5.74, 6) is -0.153. The van der Waals surface area contributed by atoms with Crippen molar-refractivity contribution in [1.82, 2.24) is 15.2 Å². The molecule has 0 unspecified atom stereocenters. The minimum atomic E-state index is -0.232. The van der Waals surface area contributed by atoms with Crippen molar-refractivity contribution in [2.24, 2.45) is 0 Å². The summed E-state index contributed by atoms with van der Waals surface area (Å²) in [5.41, 5.74) is 2.63. The number of amides is 2. The number of hydrogen-bond donors (Lipinski definition) is 1. The van der Waals surface area contributed by atoms with Crippen LogP contribution in [0.4, 0.5) is 5.69 Å². The zero-order chi connectivity index (χ0) is 20.1. The van der Waals surface area contributed by atoms with Crippen LogP contribution >= 0.6 is 22.7 Å². The maximum absolute atomic E-state index is 12.5. The van der Waals surface area contributed by atoms with E-state index in [9.17, 15) is 9.59 Å². The molecule has 3 heterocycles. The second-order valence-electron chi connectivity index (χ2n) is 6.76. The third-order valence-corrected chi connectivity index (χ3v) is 6.46. The van der Waals surface area contributed by atoms with Crippen molar-refractivity contribution < 1.29 is 9.59 Å². The number of para-hydroxylation sites is 1. The molecule has 1 aliphatic heterocycles. The Morgan fingerprint density at radius 3 is 2.55 bits per heavy atom. The summed E-state index contributed by atoms with van der Waals surface area (Å²) in [4.78, 5) is 33.3. The Labute approximate surface area is 177 Å². The van der Waals surface area contributed by atoms with Gasteiger partial charge < -0.3 is 15.1 Å². The number of nitrogens with one attached hydrogen (secondary N) is 1. The van der Waals surface area contributed by atoms with E-state index in [4.69, 9.17) is 0 Å². The van der Waals surface area contributed by atoms with Gasteiger partial charge >= 0.3 is 0 Å². The van der Waals surface area contributed by atoms with E-state index in [0.717, 1.165) is 23.7 Å². The highest BCUT2D eigenvalue weighted by Crippen LogP contribution is 2.25. The lowest BCUT2D eigenvalue weighted by Gasteiger charge is -2.36. The van der Waals surface area contributed by atoms with Gasteiger partial charge in [0.15, 0.2) is 0 Å². The number of thiophene rings is 1. The summed E-state index contributed by atoms with van der Waals surface area (Å²) >= 11 is 3.05. The van der Waals surface area contributed by atoms with E-state index >= 15 is 0 Å². The number of carbonyl (C=O) groups excluding carboxylic acids is 2. The van der Waals surface area contributed by atoms with Crippen molar-refractivity contribution in [3.8, 4) is 10.6 Å². The Kier molecular flexibility index (Phi) is 6.21. The molecule has 6 nitrogen and oxygen atoms in total. The molecule has 29 heavy (non-hydrogen) atoms. The van der Waals surface area contributed by atoms with Crippen molar-refractivity contribution in [1.29, 1.82) is 0 Å². The van der Waals surface area contributed by atoms with Gasteiger partial charge in [-0.15, -0.1) is 11.3 Å². The topological polar surface area (TPSA) is 65.5 Å². The second kappa shape index (κ2) is 9.19.